The predicted octanol–water partition coefficient (Wildman–Crippen LogP) is 4.12. The van der Waals surface area contributed by atoms with Crippen molar-refractivity contribution < 1.29 is 4.79 Å². The molecule has 16 heavy (non-hydrogen) atoms. The Kier molecular flexibility index (Phi) is 3.62. The summed E-state index contributed by atoms with van der Waals surface area (Å²) in [6, 6.07) is 13.9. The van der Waals surface area contributed by atoms with Crippen molar-refractivity contribution in [1.82, 2.24) is 0 Å². The van der Waals surface area contributed by atoms with Crippen molar-refractivity contribution in [2.24, 2.45) is 0 Å². The highest BCUT2D eigenvalue weighted by atomic mass is 32.2. The first-order valence-corrected chi connectivity index (χ1v) is 6.46. The highest BCUT2D eigenvalue weighted by molar-refractivity contribution is 8.14. The molecular formula is C14H14OS. The van der Waals surface area contributed by atoms with E-state index in [2.05, 4.69) is 6.92 Å². The third-order valence-corrected chi connectivity index (χ3v) is 3.54. The van der Waals surface area contributed by atoms with Gasteiger partial charge in [0, 0.05) is 11.3 Å². The highest BCUT2D eigenvalue weighted by Gasteiger charge is 2.09. The summed E-state index contributed by atoms with van der Waals surface area (Å²) in [7, 11) is 0. The van der Waals surface area contributed by atoms with Crippen LogP contribution >= 0.6 is 11.8 Å². The second kappa shape index (κ2) is 5.17. The topological polar surface area (TPSA) is 17.1 Å². The minimum absolute atomic E-state index is 0.179. The summed E-state index contributed by atoms with van der Waals surface area (Å²) in [5, 5.41) is 2.36. The molecule has 0 heterocycles. The molecule has 2 aromatic rings. The molecule has 0 aliphatic heterocycles. The number of hydrogen-bond acceptors (Lipinski definition) is 2. The van der Waals surface area contributed by atoms with E-state index in [9.17, 15) is 4.79 Å². The second-order valence-electron chi connectivity index (χ2n) is 3.66. The summed E-state index contributed by atoms with van der Waals surface area (Å²) in [5.74, 6) is 0.891. The molecule has 0 saturated heterocycles. The van der Waals surface area contributed by atoms with Crippen molar-refractivity contribution in [3.05, 3.63) is 48.0 Å². The zero-order valence-electron chi connectivity index (χ0n) is 9.27. The average Bonchev–Trinajstić information content (AvgIpc) is 2.35. The van der Waals surface area contributed by atoms with E-state index in [1.807, 2.05) is 42.5 Å². The molecule has 0 spiro atoms. The molecule has 0 atom stereocenters. The molecule has 2 aromatic carbocycles. The Bertz CT molecular complexity index is 500. The van der Waals surface area contributed by atoms with Gasteiger partial charge in [0.2, 0.25) is 5.12 Å². The van der Waals surface area contributed by atoms with E-state index in [-0.39, 0.29) is 5.12 Å². The third-order valence-electron chi connectivity index (χ3n) is 2.45. The molecule has 2 rings (SSSR count). The van der Waals surface area contributed by atoms with Gasteiger partial charge in [0.25, 0.3) is 0 Å². The Balaban J connectivity index is 2.40. The maximum atomic E-state index is 12.0. The van der Waals surface area contributed by atoms with Crippen molar-refractivity contribution in [3.63, 3.8) is 0 Å². The fourth-order valence-corrected chi connectivity index (χ4v) is 2.40. The van der Waals surface area contributed by atoms with Gasteiger partial charge in [-0.3, -0.25) is 4.79 Å². The molecule has 82 valence electrons. The normalized spacial score (nSPS) is 10.6. The molecule has 0 aliphatic carbocycles. The first-order chi connectivity index (χ1) is 7.83. The van der Waals surface area contributed by atoms with Gasteiger partial charge in [0.1, 0.15) is 0 Å². The molecule has 0 N–H and O–H groups in total. The molecule has 0 unspecified atom stereocenters. The van der Waals surface area contributed by atoms with Crippen LogP contribution in [0.5, 0.6) is 0 Å². The summed E-state index contributed by atoms with van der Waals surface area (Å²) in [6.45, 7) is 2.09. The zero-order valence-corrected chi connectivity index (χ0v) is 10.1. The van der Waals surface area contributed by atoms with Crippen LogP contribution in [0.4, 0.5) is 0 Å². The van der Waals surface area contributed by atoms with E-state index >= 15 is 0 Å². The van der Waals surface area contributed by atoms with E-state index in [0.717, 1.165) is 28.5 Å². The summed E-state index contributed by atoms with van der Waals surface area (Å²) in [6.07, 6.45) is 1.03. The van der Waals surface area contributed by atoms with E-state index < -0.39 is 0 Å². The number of hydrogen-bond donors (Lipinski definition) is 0. The minimum atomic E-state index is 0.179. The molecule has 0 aromatic heterocycles. The molecule has 0 saturated carbocycles. The maximum Gasteiger partial charge on any atom is 0.219 e. The monoisotopic (exact) mass is 230 g/mol. The largest absolute Gasteiger partial charge is 0.282 e. The minimum Gasteiger partial charge on any atom is -0.282 e. The van der Waals surface area contributed by atoms with Crippen LogP contribution < -0.4 is 0 Å². The van der Waals surface area contributed by atoms with Gasteiger partial charge >= 0.3 is 0 Å². The standard InChI is InChI=1S/C14H14OS/c1-2-10-16-14(15)13-9-5-7-11-6-3-4-8-12(11)13/h3-9H,2,10H2,1H3. The molecule has 0 bridgehead atoms. The number of rotatable bonds is 3. The number of thioether (sulfide) groups is 1. The number of benzene rings is 2. The average molecular weight is 230 g/mol. The lowest BCUT2D eigenvalue weighted by molar-refractivity contribution is 0.109. The van der Waals surface area contributed by atoms with Crippen molar-refractivity contribution in [2.75, 3.05) is 5.75 Å². The Hall–Kier alpha value is -1.28. The Morgan fingerprint density at radius 2 is 1.88 bits per heavy atom. The van der Waals surface area contributed by atoms with Gasteiger partial charge in [-0.25, -0.2) is 0 Å². The number of carbonyl (C=O) groups is 1. The Morgan fingerprint density at radius 1 is 1.12 bits per heavy atom. The predicted molar refractivity (Wildman–Crippen MR) is 71.0 cm³/mol. The zero-order chi connectivity index (χ0) is 11.4. The first kappa shape index (κ1) is 11.2. The Labute approximate surface area is 99.9 Å². The van der Waals surface area contributed by atoms with E-state index in [1.54, 1.807) is 0 Å². The highest BCUT2D eigenvalue weighted by Crippen LogP contribution is 2.22. The molecular weight excluding hydrogens is 216 g/mol. The van der Waals surface area contributed by atoms with Crippen LogP contribution in [0.2, 0.25) is 0 Å². The fraction of sp³-hybridized carbons (Fsp3) is 0.214. The molecule has 1 nitrogen and oxygen atoms in total. The van der Waals surface area contributed by atoms with Crippen molar-refractivity contribution in [3.8, 4) is 0 Å². The lowest BCUT2D eigenvalue weighted by Crippen LogP contribution is -1.95. The van der Waals surface area contributed by atoms with Crippen LogP contribution in [-0.4, -0.2) is 10.9 Å². The third kappa shape index (κ3) is 2.27. The summed E-state index contributed by atoms with van der Waals surface area (Å²) >= 11 is 1.41. The SMILES string of the molecule is CCCSC(=O)c1cccc2ccccc12. The van der Waals surface area contributed by atoms with Gasteiger partial charge in [-0.2, -0.15) is 0 Å². The molecule has 0 fully saturated rings. The van der Waals surface area contributed by atoms with Crippen LogP contribution in [0.1, 0.15) is 23.7 Å². The van der Waals surface area contributed by atoms with E-state index in [1.165, 1.54) is 11.8 Å². The maximum absolute atomic E-state index is 12.0. The molecule has 0 aliphatic rings. The van der Waals surface area contributed by atoms with E-state index in [4.69, 9.17) is 0 Å². The van der Waals surface area contributed by atoms with Crippen LogP contribution in [-0.2, 0) is 0 Å². The number of carbonyl (C=O) groups excluding carboxylic acids is 1. The summed E-state index contributed by atoms with van der Waals surface area (Å²) in [4.78, 5) is 12.0. The lowest BCUT2D eigenvalue weighted by Gasteiger charge is -2.04. The quantitative estimate of drug-likeness (QED) is 0.788. The van der Waals surface area contributed by atoms with Crippen molar-refractivity contribution >= 4 is 27.6 Å². The van der Waals surface area contributed by atoms with Gasteiger partial charge in [-0.15, -0.1) is 0 Å². The van der Waals surface area contributed by atoms with Gasteiger partial charge in [-0.1, -0.05) is 55.1 Å². The lowest BCUT2D eigenvalue weighted by atomic mass is 10.1. The van der Waals surface area contributed by atoms with Gasteiger partial charge in [0.05, 0.1) is 0 Å². The van der Waals surface area contributed by atoms with Crippen LogP contribution in [0, 0.1) is 0 Å². The first-order valence-electron chi connectivity index (χ1n) is 5.48. The van der Waals surface area contributed by atoms with Crippen LogP contribution in [0.15, 0.2) is 42.5 Å². The smallest absolute Gasteiger partial charge is 0.219 e. The molecule has 0 amide bonds. The van der Waals surface area contributed by atoms with Crippen LogP contribution in [0.25, 0.3) is 10.8 Å². The Morgan fingerprint density at radius 3 is 2.69 bits per heavy atom. The fourth-order valence-electron chi connectivity index (χ4n) is 1.68. The molecule has 0 radical (unpaired) electrons. The summed E-state index contributed by atoms with van der Waals surface area (Å²) in [5.41, 5.74) is 0.830. The van der Waals surface area contributed by atoms with Crippen LogP contribution in [0.3, 0.4) is 0 Å². The molecule has 2 heteroatoms. The van der Waals surface area contributed by atoms with Gasteiger partial charge < -0.3 is 0 Å². The van der Waals surface area contributed by atoms with Crippen molar-refractivity contribution in [1.29, 1.82) is 0 Å². The second-order valence-corrected chi connectivity index (χ2v) is 4.73. The van der Waals surface area contributed by atoms with Gasteiger partial charge in [0.15, 0.2) is 0 Å². The van der Waals surface area contributed by atoms with E-state index in [0.29, 0.717) is 0 Å². The number of fused-ring (bicyclic) bond motifs is 1. The summed E-state index contributed by atoms with van der Waals surface area (Å²) < 4.78 is 0. The van der Waals surface area contributed by atoms with Crippen molar-refractivity contribution in [2.45, 2.75) is 13.3 Å². The van der Waals surface area contributed by atoms with Gasteiger partial charge in [-0.05, 0) is 23.3 Å².